The molecule has 4 N–H and O–H groups in total. The zero-order valence-electron chi connectivity index (χ0n) is 13.0. The van der Waals surface area contributed by atoms with E-state index in [0.29, 0.717) is 5.75 Å². The smallest absolute Gasteiger partial charge is 0.120 e. The van der Waals surface area contributed by atoms with Crippen LogP contribution >= 0.6 is 0 Å². The molecule has 1 aliphatic rings. The van der Waals surface area contributed by atoms with Crippen LogP contribution in [0.3, 0.4) is 0 Å². The maximum atomic E-state index is 10.1. The molecule has 1 aliphatic heterocycles. The van der Waals surface area contributed by atoms with Crippen LogP contribution < -0.4 is 4.74 Å². The van der Waals surface area contributed by atoms with Gasteiger partial charge in [-0.2, -0.15) is 0 Å². The summed E-state index contributed by atoms with van der Waals surface area (Å²) >= 11 is 0. The molecule has 0 saturated carbocycles. The fourth-order valence-corrected chi connectivity index (χ4v) is 2.53. The molecule has 5 atom stereocenters. The third-order valence-electron chi connectivity index (χ3n) is 3.82. The third-order valence-corrected chi connectivity index (χ3v) is 3.82. The first kappa shape index (κ1) is 17.0. The lowest BCUT2D eigenvalue weighted by atomic mass is 9.80. The Morgan fingerprint density at radius 1 is 1.00 bits per heavy atom. The van der Waals surface area contributed by atoms with E-state index in [-0.39, 0.29) is 12.4 Å². The molecule has 0 aromatic heterocycles. The zero-order valence-corrected chi connectivity index (χ0v) is 13.0. The summed E-state index contributed by atoms with van der Waals surface area (Å²) in [7, 11) is 0. The first-order chi connectivity index (χ1) is 10.2. The van der Waals surface area contributed by atoms with Crippen molar-refractivity contribution in [2.45, 2.75) is 51.3 Å². The van der Waals surface area contributed by atoms with Gasteiger partial charge in [0.05, 0.1) is 6.10 Å². The fourth-order valence-electron chi connectivity index (χ4n) is 2.53. The summed E-state index contributed by atoms with van der Waals surface area (Å²) in [6, 6.07) is 6.17. The van der Waals surface area contributed by atoms with Gasteiger partial charge in [0.1, 0.15) is 42.5 Å². The van der Waals surface area contributed by atoms with E-state index in [2.05, 4.69) is 0 Å². The Hall–Kier alpha value is -1.34. The van der Waals surface area contributed by atoms with E-state index >= 15 is 0 Å². The maximum absolute atomic E-state index is 10.1. The molecule has 0 aliphatic carbocycles. The fraction of sp³-hybridized carbons (Fsp3) is 0.625. The molecule has 0 radical (unpaired) electrons. The van der Waals surface area contributed by atoms with Gasteiger partial charge in [-0.1, -0.05) is 20.8 Å². The average Bonchev–Trinajstić information content (AvgIpc) is 2.44. The molecule has 1 aromatic carbocycles. The highest BCUT2D eigenvalue weighted by atomic mass is 16.6. The second kappa shape index (κ2) is 6.42. The minimum absolute atomic E-state index is 0.0301. The van der Waals surface area contributed by atoms with Gasteiger partial charge in [0.25, 0.3) is 0 Å². The molecule has 2 rings (SSSR count). The largest absolute Gasteiger partial charge is 0.508 e. The second-order valence-electron chi connectivity index (χ2n) is 6.74. The van der Waals surface area contributed by atoms with E-state index in [1.165, 1.54) is 12.1 Å². The number of phenolic OH excluding ortho intramolecular Hbond substituents is 1. The molecule has 1 saturated heterocycles. The van der Waals surface area contributed by atoms with Gasteiger partial charge in [-0.15, -0.1) is 0 Å². The number of rotatable bonds is 3. The van der Waals surface area contributed by atoms with Crippen molar-refractivity contribution in [2.24, 2.45) is 5.41 Å². The lowest BCUT2D eigenvalue weighted by Crippen LogP contribution is -2.61. The van der Waals surface area contributed by atoms with Crippen molar-refractivity contribution in [1.82, 2.24) is 0 Å². The predicted molar refractivity (Wildman–Crippen MR) is 79.7 cm³/mol. The third kappa shape index (κ3) is 3.70. The number of hydrogen-bond acceptors (Lipinski definition) is 6. The number of benzene rings is 1. The number of aliphatic hydroxyl groups is 3. The van der Waals surface area contributed by atoms with E-state index in [1.807, 2.05) is 20.8 Å². The summed E-state index contributed by atoms with van der Waals surface area (Å²) in [5.41, 5.74) is -0.392. The normalized spacial score (nSPS) is 32.7. The van der Waals surface area contributed by atoms with E-state index < -0.39 is 35.9 Å². The topological polar surface area (TPSA) is 99.4 Å². The second-order valence-corrected chi connectivity index (χ2v) is 6.74. The molecule has 0 spiro atoms. The standard InChI is InChI=1S/C16H24O6/c1-16(2,3)15-14(20)13(19)12(18)11(22-15)8-21-10-6-4-9(17)5-7-10/h4-7,11-15,17-20H,8H2,1-3H3/t11?,12-,13-,14?,15-/m0/s1. The summed E-state index contributed by atoms with van der Waals surface area (Å²) in [6.07, 6.45) is -5.03. The highest BCUT2D eigenvalue weighted by Gasteiger charge is 2.47. The van der Waals surface area contributed by atoms with Gasteiger partial charge in [-0.25, -0.2) is 0 Å². The van der Waals surface area contributed by atoms with Crippen LogP contribution in [0.25, 0.3) is 0 Å². The van der Waals surface area contributed by atoms with Gasteiger partial charge in [0.2, 0.25) is 0 Å². The molecule has 0 bridgehead atoms. The van der Waals surface area contributed by atoms with Crippen molar-refractivity contribution < 1.29 is 29.9 Å². The summed E-state index contributed by atoms with van der Waals surface area (Å²) in [5.74, 6) is 0.647. The van der Waals surface area contributed by atoms with Gasteiger partial charge in [-0.3, -0.25) is 0 Å². The molecule has 22 heavy (non-hydrogen) atoms. The van der Waals surface area contributed by atoms with Crippen LogP contribution in [-0.4, -0.2) is 57.6 Å². The monoisotopic (exact) mass is 312 g/mol. The molecule has 0 amide bonds. The lowest BCUT2D eigenvalue weighted by Gasteiger charge is -2.45. The molecule has 2 unspecified atom stereocenters. The van der Waals surface area contributed by atoms with Gasteiger partial charge < -0.3 is 29.9 Å². The molecule has 1 heterocycles. The Labute approximate surface area is 129 Å². The molecular weight excluding hydrogens is 288 g/mol. The van der Waals surface area contributed by atoms with E-state index in [9.17, 15) is 20.4 Å². The molecule has 124 valence electrons. The molecule has 6 heteroatoms. The molecule has 1 aromatic rings. The van der Waals surface area contributed by atoms with Crippen LogP contribution in [0, 0.1) is 5.41 Å². The lowest BCUT2D eigenvalue weighted by molar-refractivity contribution is -0.249. The van der Waals surface area contributed by atoms with E-state index in [0.717, 1.165) is 0 Å². The minimum atomic E-state index is -1.29. The summed E-state index contributed by atoms with van der Waals surface area (Å²) in [6.45, 7) is 5.71. The molecule has 1 fully saturated rings. The Morgan fingerprint density at radius 2 is 1.59 bits per heavy atom. The van der Waals surface area contributed by atoms with Gasteiger partial charge in [0.15, 0.2) is 0 Å². The van der Waals surface area contributed by atoms with Crippen molar-refractivity contribution >= 4 is 0 Å². The minimum Gasteiger partial charge on any atom is -0.508 e. The van der Waals surface area contributed by atoms with E-state index in [4.69, 9.17) is 9.47 Å². The van der Waals surface area contributed by atoms with Crippen molar-refractivity contribution in [3.05, 3.63) is 24.3 Å². The number of phenols is 1. The number of ether oxygens (including phenoxy) is 2. The maximum Gasteiger partial charge on any atom is 0.120 e. The Kier molecular flexibility index (Phi) is 4.97. The van der Waals surface area contributed by atoms with Gasteiger partial charge in [-0.05, 0) is 29.7 Å². The van der Waals surface area contributed by atoms with Crippen molar-refractivity contribution in [1.29, 1.82) is 0 Å². The van der Waals surface area contributed by atoms with Crippen LogP contribution in [0.1, 0.15) is 20.8 Å². The van der Waals surface area contributed by atoms with Crippen molar-refractivity contribution in [2.75, 3.05) is 6.61 Å². The summed E-state index contributed by atoms with van der Waals surface area (Å²) in [4.78, 5) is 0. The van der Waals surface area contributed by atoms with Crippen molar-refractivity contribution in [3.63, 3.8) is 0 Å². The zero-order chi connectivity index (χ0) is 16.5. The van der Waals surface area contributed by atoms with Crippen LogP contribution in [0.4, 0.5) is 0 Å². The van der Waals surface area contributed by atoms with Crippen LogP contribution in [0.2, 0.25) is 0 Å². The van der Waals surface area contributed by atoms with Crippen LogP contribution in [0.15, 0.2) is 24.3 Å². The Bertz CT molecular complexity index is 480. The van der Waals surface area contributed by atoms with Crippen LogP contribution in [-0.2, 0) is 4.74 Å². The molecule has 6 nitrogen and oxygen atoms in total. The Balaban J connectivity index is 2.04. The number of hydrogen-bond donors (Lipinski definition) is 4. The highest BCUT2D eigenvalue weighted by molar-refractivity contribution is 5.30. The van der Waals surface area contributed by atoms with E-state index in [1.54, 1.807) is 12.1 Å². The Morgan fingerprint density at radius 3 is 2.14 bits per heavy atom. The SMILES string of the molecule is CC(C)(C)[C@H]1OC(COc2ccc(O)cc2)[C@H](O)[C@H](O)C1O. The van der Waals surface area contributed by atoms with Crippen LogP contribution in [0.5, 0.6) is 11.5 Å². The predicted octanol–water partition coefficient (Wildman–Crippen LogP) is 0.667. The number of aliphatic hydroxyl groups excluding tert-OH is 3. The number of aromatic hydroxyl groups is 1. The highest BCUT2D eigenvalue weighted by Crippen LogP contribution is 2.33. The summed E-state index contributed by atoms with van der Waals surface area (Å²) in [5, 5.41) is 39.4. The quantitative estimate of drug-likeness (QED) is 0.655. The van der Waals surface area contributed by atoms with Crippen molar-refractivity contribution in [3.8, 4) is 11.5 Å². The molecular formula is C16H24O6. The average molecular weight is 312 g/mol. The van der Waals surface area contributed by atoms with Gasteiger partial charge >= 0.3 is 0 Å². The first-order valence-electron chi connectivity index (χ1n) is 7.31. The van der Waals surface area contributed by atoms with Gasteiger partial charge in [0, 0.05) is 0 Å². The summed E-state index contributed by atoms with van der Waals surface area (Å²) < 4.78 is 11.3. The first-order valence-corrected chi connectivity index (χ1v) is 7.31.